The molecule has 1 aliphatic heterocycles. The van der Waals surface area contributed by atoms with Crippen LogP contribution in [0.3, 0.4) is 0 Å². The van der Waals surface area contributed by atoms with Crippen LogP contribution in [-0.2, 0) is 12.8 Å². The van der Waals surface area contributed by atoms with Crippen LogP contribution in [-0.4, -0.2) is 41.7 Å². The van der Waals surface area contributed by atoms with Gasteiger partial charge in [0.2, 0.25) is 0 Å². The van der Waals surface area contributed by atoms with Gasteiger partial charge in [0.1, 0.15) is 5.82 Å². The zero-order valence-electron chi connectivity index (χ0n) is 23.9. The Hall–Kier alpha value is -2.70. The predicted octanol–water partition coefficient (Wildman–Crippen LogP) is 5.79. The van der Waals surface area contributed by atoms with Crippen molar-refractivity contribution in [3.63, 3.8) is 0 Å². The zero-order valence-corrected chi connectivity index (χ0v) is 23.9. The van der Waals surface area contributed by atoms with Gasteiger partial charge >= 0.3 is 0 Å². The SMILES string of the molecule is C=C/C(=C\CC)NC1CCCC(Nc2cnc(CC)c(C)n2)C1.NCCc1ccc(C2CCNCC2)cc1. The lowest BCUT2D eigenvalue weighted by molar-refractivity contribution is 0.372. The monoisotopic (exact) mass is 518 g/mol. The number of allylic oxidation sites excluding steroid dienone is 2. The zero-order chi connectivity index (χ0) is 27.2. The maximum Gasteiger partial charge on any atom is 0.145 e. The summed E-state index contributed by atoms with van der Waals surface area (Å²) in [6.07, 6.45) is 16.2. The van der Waals surface area contributed by atoms with Crippen molar-refractivity contribution in [1.29, 1.82) is 0 Å². The molecule has 1 aromatic heterocycles. The fourth-order valence-electron chi connectivity index (χ4n) is 5.52. The van der Waals surface area contributed by atoms with Crippen molar-refractivity contribution in [3.8, 4) is 0 Å². The lowest BCUT2D eigenvalue weighted by Crippen LogP contribution is -2.38. The highest BCUT2D eigenvalue weighted by atomic mass is 15.1. The van der Waals surface area contributed by atoms with Crippen LogP contribution in [0.2, 0.25) is 0 Å². The summed E-state index contributed by atoms with van der Waals surface area (Å²) in [6.45, 7) is 13.3. The average molecular weight is 519 g/mol. The van der Waals surface area contributed by atoms with Crippen molar-refractivity contribution in [2.24, 2.45) is 5.73 Å². The number of rotatable bonds is 10. The molecule has 0 spiro atoms. The van der Waals surface area contributed by atoms with E-state index in [2.05, 4.69) is 76.7 Å². The van der Waals surface area contributed by atoms with Gasteiger partial charge < -0.3 is 21.7 Å². The Morgan fingerprint density at radius 1 is 1.11 bits per heavy atom. The van der Waals surface area contributed by atoms with Crippen LogP contribution in [0.5, 0.6) is 0 Å². The molecule has 4 rings (SSSR count). The van der Waals surface area contributed by atoms with E-state index in [1.54, 1.807) is 0 Å². The molecule has 2 aromatic rings. The largest absolute Gasteiger partial charge is 0.383 e. The lowest BCUT2D eigenvalue weighted by atomic mass is 9.89. The van der Waals surface area contributed by atoms with Crippen molar-refractivity contribution in [1.82, 2.24) is 20.6 Å². The molecule has 1 saturated carbocycles. The Labute approximate surface area is 231 Å². The second-order valence-electron chi connectivity index (χ2n) is 10.6. The van der Waals surface area contributed by atoms with E-state index in [0.717, 1.165) is 74.1 Å². The van der Waals surface area contributed by atoms with E-state index >= 15 is 0 Å². The molecule has 0 amide bonds. The number of hydrogen-bond donors (Lipinski definition) is 4. The minimum absolute atomic E-state index is 0.454. The van der Waals surface area contributed by atoms with Crippen LogP contribution in [0, 0.1) is 6.92 Å². The van der Waals surface area contributed by atoms with Gasteiger partial charge in [0.05, 0.1) is 17.6 Å². The van der Waals surface area contributed by atoms with Crippen molar-refractivity contribution in [2.45, 2.75) is 96.6 Å². The minimum atomic E-state index is 0.454. The van der Waals surface area contributed by atoms with Gasteiger partial charge in [-0.3, -0.25) is 4.98 Å². The molecule has 6 nitrogen and oxygen atoms in total. The third-order valence-corrected chi connectivity index (χ3v) is 7.65. The second-order valence-corrected chi connectivity index (χ2v) is 10.6. The number of hydrogen-bond acceptors (Lipinski definition) is 6. The van der Waals surface area contributed by atoms with Gasteiger partial charge in [-0.15, -0.1) is 0 Å². The molecule has 2 unspecified atom stereocenters. The van der Waals surface area contributed by atoms with Crippen molar-refractivity contribution < 1.29 is 0 Å². The third-order valence-electron chi connectivity index (χ3n) is 7.65. The molecule has 208 valence electrons. The van der Waals surface area contributed by atoms with Gasteiger partial charge in [0.15, 0.2) is 0 Å². The van der Waals surface area contributed by atoms with Crippen LogP contribution in [0.1, 0.15) is 87.2 Å². The van der Waals surface area contributed by atoms with E-state index in [0.29, 0.717) is 12.1 Å². The summed E-state index contributed by atoms with van der Waals surface area (Å²) < 4.78 is 0. The highest BCUT2D eigenvalue weighted by Gasteiger charge is 2.22. The number of aromatic nitrogens is 2. The molecule has 1 aliphatic carbocycles. The molecule has 1 saturated heterocycles. The molecule has 2 fully saturated rings. The molecule has 0 radical (unpaired) electrons. The van der Waals surface area contributed by atoms with Crippen molar-refractivity contribution >= 4 is 5.82 Å². The summed E-state index contributed by atoms with van der Waals surface area (Å²) in [5.74, 6) is 1.66. The molecule has 6 heteroatoms. The second kappa shape index (κ2) is 16.3. The summed E-state index contributed by atoms with van der Waals surface area (Å²) in [4.78, 5) is 9.15. The maximum absolute atomic E-state index is 5.53. The van der Waals surface area contributed by atoms with E-state index in [9.17, 15) is 0 Å². The Balaban J connectivity index is 0.000000230. The number of nitrogens with zero attached hydrogens (tertiary/aromatic N) is 2. The third kappa shape index (κ3) is 9.55. The highest BCUT2D eigenvalue weighted by molar-refractivity contribution is 5.35. The Kier molecular flexibility index (Phi) is 12.8. The number of aryl methyl sites for hydroxylation is 2. The molecular formula is C32H50N6. The number of anilines is 1. The molecule has 0 bridgehead atoms. The summed E-state index contributed by atoms with van der Waals surface area (Å²) in [5.41, 5.74) is 11.7. The fourth-order valence-corrected chi connectivity index (χ4v) is 5.52. The fraction of sp³-hybridized carbons (Fsp3) is 0.562. The molecule has 1 aromatic carbocycles. The number of benzene rings is 1. The Morgan fingerprint density at radius 3 is 2.47 bits per heavy atom. The molecule has 2 heterocycles. The lowest BCUT2D eigenvalue weighted by Gasteiger charge is -2.31. The van der Waals surface area contributed by atoms with Crippen LogP contribution in [0.4, 0.5) is 5.82 Å². The van der Waals surface area contributed by atoms with Crippen LogP contribution >= 0.6 is 0 Å². The van der Waals surface area contributed by atoms with Crippen LogP contribution in [0.15, 0.2) is 54.9 Å². The van der Waals surface area contributed by atoms with Crippen LogP contribution < -0.4 is 21.7 Å². The van der Waals surface area contributed by atoms with Gasteiger partial charge in [-0.2, -0.15) is 0 Å². The number of nitrogens with one attached hydrogen (secondary N) is 3. The average Bonchev–Trinajstić information content (AvgIpc) is 2.95. The van der Waals surface area contributed by atoms with Crippen LogP contribution in [0.25, 0.3) is 0 Å². The summed E-state index contributed by atoms with van der Waals surface area (Å²) in [6, 6.07) is 9.97. The van der Waals surface area contributed by atoms with Gasteiger partial charge in [-0.25, -0.2) is 4.98 Å². The highest BCUT2D eigenvalue weighted by Crippen LogP contribution is 2.25. The number of nitrogens with two attached hydrogens (primary N) is 1. The van der Waals surface area contributed by atoms with E-state index in [-0.39, 0.29) is 0 Å². The molecule has 2 aliphatic rings. The van der Waals surface area contributed by atoms with Crippen molar-refractivity contribution in [2.75, 3.05) is 25.0 Å². The van der Waals surface area contributed by atoms with Gasteiger partial charge in [-0.05, 0) is 107 Å². The first kappa shape index (κ1) is 29.9. The van der Waals surface area contributed by atoms with Gasteiger partial charge in [-0.1, -0.05) is 50.8 Å². The van der Waals surface area contributed by atoms with E-state index in [1.807, 2.05) is 19.2 Å². The Bertz CT molecular complexity index is 994. The standard InChI is InChI=1S/C19H30N4.C13H20N2/c1-5-9-15(6-2)22-16-10-8-11-17(12-16)23-19-13-20-18(7-3)14(4)21-19;14-8-5-11-1-3-12(4-2-11)13-6-9-15-10-7-13/h6,9,13,16-17,22H,2,5,7-8,10-12H2,1,3-4H3,(H,21,23);1-4,13,15H,5-10,14H2/b15-9+;. The van der Waals surface area contributed by atoms with E-state index in [4.69, 9.17) is 5.73 Å². The molecule has 2 atom stereocenters. The first-order chi connectivity index (χ1) is 18.6. The topological polar surface area (TPSA) is 87.9 Å². The first-order valence-electron chi connectivity index (χ1n) is 14.7. The summed E-state index contributed by atoms with van der Waals surface area (Å²) >= 11 is 0. The summed E-state index contributed by atoms with van der Waals surface area (Å²) in [7, 11) is 0. The first-order valence-corrected chi connectivity index (χ1v) is 14.7. The maximum atomic E-state index is 5.53. The minimum Gasteiger partial charge on any atom is -0.383 e. The molecule has 5 N–H and O–H groups in total. The van der Waals surface area contributed by atoms with E-state index in [1.165, 1.54) is 43.2 Å². The Morgan fingerprint density at radius 2 is 1.84 bits per heavy atom. The number of piperidine rings is 1. The normalized spacial score (nSPS) is 20.3. The van der Waals surface area contributed by atoms with Gasteiger partial charge in [0.25, 0.3) is 0 Å². The van der Waals surface area contributed by atoms with E-state index < -0.39 is 0 Å². The quantitative estimate of drug-likeness (QED) is 0.298. The van der Waals surface area contributed by atoms with Gasteiger partial charge in [0, 0.05) is 17.8 Å². The molecule has 38 heavy (non-hydrogen) atoms. The van der Waals surface area contributed by atoms with Crippen molar-refractivity contribution in [3.05, 3.63) is 77.4 Å². The predicted molar refractivity (Wildman–Crippen MR) is 162 cm³/mol. The summed E-state index contributed by atoms with van der Waals surface area (Å²) in [5, 5.41) is 10.6. The molecular weight excluding hydrogens is 468 g/mol. The smallest absolute Gasteiger partial charge is 0.145 e.